The van der Waals surface area contributed by atoms with Crippen molar-refractivity contribution >= 4 is 32.6 Å². The summed E-state index contributed by atoms with van der Waals surface area (Å²) < 4.78 is 1.60. The molecule has 6 heteroatoms. The summed E-state index contributed by atoms with van der Waals surface area (Å²) in [4.78, 5) is 27.0. The third-order valence-corrected chi connectivity index (χ3v) is 5.43. The number of aromatic amines is 1. The maximum absolute atomic E-state index is 12.9. The first-order valence-electron chi connectivity index (χ1n) is 8.26. The largest absolute Gasteiger partial charge is 0.340 e. The second-order valence-electron chi connectivity index (χ2n) is 6.07. The van der Waals surface area contributed by atoms with Crippen LogP contribution < -0.4 is 5.56 Å². The third-order valence-electron chi connectivity index (χ3n) is 4.33. The van der Waals surface area contributed by atoms with Crippen molar-refractivity contribution in [2.45, 2.75) is 6.54 Å². The van der Waals surface area contributed by atoms with Crippen LogP contribution in [0.2, 0.25) is 0 Å². The molecule has 0 saturated carbocycles. The van der Waals surface area contributed by atoms with E-state index in [0.29, 0.717) is 11.9 Å². The first kappa shape index (κ1) is 15.0. The highest BCUT2D eigenvalue weighted by atomic mass is 32.1. The van der Waals surface area contributed by atoms with Gasteiger partial charge in [-0.15, -0.1) is 11.3 Å². The number of H-pyrrole nitrogens is 1. The van der Waals surface area contributed by atoms with Gasteiger partial charge < -0.3 is 4.98 Å². The molecule has 1 N–H and O–H groups in total. The molecule has 0 radical (unpaired) electrons. The topological polar surface area (TPSA) is 63.6 Å². The van der Waals surface area contributed by atoms with Crippen molar-refractivity contribution in [2.24, 2.45) is 0 Å². The van der Waals surface area contributed by atoms with E-state index in [0.717, 1.165) is 32.1 Å². The smallest absolute Gasteiger partial charge is 0.262 e. The normalized spacial score (nSPS) is 11.4. The summed E-state index contributed by atoms with van der Waals surface area (Å²) in [6.45, 7) is 0.368. The van der Waals surface area contributed by atoms with Crippen LogP contribution in [-0.2, 0) is 6.54 Å². The van der Waals surface area contributed by atoms with E-state index in [1.807, 2.05) is 60.7 Å². The van der Waals surface area contributed by atoms with E-state index in [2.05, 4.69) is 15.0 Å². The highest BCUT2D eigenvalue weighted by molar-refractivity contribution is 7.21. The Morgan fingerprint density at radius 1 is 1.04 bits per heavy atom. The predicted molar refractivity (Wildman–Crippen MR) is 105 cm³/mol. The van der Waals surface area contributed by atoms with Gasteiger partial charge in [0, 0.05) is 4.88 Å². The summed E-state index contributed by atoms with van der Waals surface area (Å²) in [5, 5.41) is 0.646. The Bertz CT molecular complexity index is 1250. The number of benzene rings is 2. The molecule has 5 nitrogen and oxygen atoms in total. The molecule has 3 aromatic heterocycles. The van der Waals surface area contributed by atoms with Gasteiger partial charge in [-0.1, -0.05) is 42.5 Å². The monoisotopic (exact) mass is 358 g/mol. The summed E-state index contributed by atoms with van der Waals surface area (Å²) in [5.41, 5.74) is 2.91. The predicted octanol–water partition coefficient (Wildman–Crippen LogP) is 4.05. The number of rotatable bonds is 3. The fourth-order valence-corrected chi connectivity index (χ4v) is 4.05. The number of fused-ring (bicyclic) bond motifs is 2. The minimum Gasteiger partial charge on any atom is -0.340 e. The van der Waals surface area contributed by atoms with E-state index >= 15 is 0 Å². The number of aromatic nitrogens is 4. The van der Waals surface area contributed by atoms with E-state index in [1.54, 1.807) is 10.9 Å². The van der Waals surface area contributed by atoms with Crippen LogP contribution in [0.5, 0.6) is 0 Å². The van der Waals surface area contributed by atoms with Gasteiger partial charge in [0.2, 0.25) is 0 Å². The average Bonchev–Trinajstić information content (AvgIpc) is 3.29. The summed E-state index contributed by atoms with van der Waals surface area (Å²) in [7, 11) is 0. The van der Waals surface area contributed by atoms with Crippen molar-refractivity contribution < 1.29 is 0 Å². The SMILES string of the molecule is O=c1c2cc(-c3ccccc3)sc2ncn1Cc1nc2ccccc2[nH]1. The maximum atomic E-state index is 12.9. The molecule has 0 aliphatic carbocycles. The average molecular weight is 358 g/mol. The van der Waals surface area contributed by atoms with Crippen LogP contribution in [0.15, 0.2) is 71.8 Å². The summed E-state index contributed by atoms with van der Waals surface area (Å²) in [5.74, 6) is 0.743. The van der Waals surface area contributed by atoms with Crippen molar-refractivity contribution in [1.29, 1.82) is 0 Å². The molecule has 26 heavy (non-hydrogen) atoms. The van der Waals surface area contributed by atoms with Crippen molar-refractivity contribution in [2.75, 3.05) is 0 Å². The number of nitrogens with zero attached hydrogens (tertiary/aromatic N) is 3. The standard InChI is InChI=1S/C20H14N4OS/c25-20-14-10-17(13-6-2-1-3-7-13)26-19(14)21-12-24(20)11-18-22-15-8-4-5-9-16(15)23-18/h1-10,12H,11H2,(H,22,23). The number of thiophene rings is 1. The van der Waals surface area contributed by atoms with E-state index < -0.39 is 0 Å². The van der Waals surface area contributed by atoms with Gasteiger partial charge in [0.25, 0.3) is 5.56 Å². The number of nitrogens with one attached hydrogen (secondary N) is 1. The summed E-state index contributed by atoms with van der Waals surface area (Å²) >= 11 is 1.54. The molecule has 0 fully saturated rings. The van der Waals surface area contributed by atoms with Gasteiger partial charge in [-0.2, -0.15) is 0 Å². The zero-order chi connectivity index (χ0) is 17.5. The molecule has 0 saturated heterocycles. The van der Waals surface area contributed by atoms with Gasteiger partial charge in [0.1, 0.15) is 10.7 Å². The number of imidazole rings is 1. The van der Waals surface area contributed by atoms with Crippen LogP contribution in [-0.4, -0.2) is 19.5 Å². The fraction of sp³-hybridized carbons (Fsp3) is 0.0500. The van der Waals surface area contributed by atoms with Crippen LogP contribution >= 0.6 is 11.3 Å². The number of para-hydroxylation sites is 2. The highest BCUT2D eigenvalue weighted by Crippen LogP contribution is 2.30. The lowest BCUT2D eigenvalue weighted by Crippen LogP contribution is -2.21. The number of hydrogen-bond donors (Lipinski definition) is 1. The van der Waals surface area contributed by atoms with Gasteiger partial charge in [-0.3, -0.25) is 9.36 Å². The first-order valence-corrected chi connectivity index (χ1v) is 9.07. The Labute approximate surface area is 152 Å². The Morgan fingerprint density at radius 3 is 2.69 bits per heavy atom. The van der Waals surface area contributed by atoms with Crippen LogP contribution in [0, 0.1) is 0 Å². The molecule has 0 unspecified atom stereocenters. The number of hydrogen-bond acceptors (Lipinski definition) is 4. The molecule has 0 amide bonds. The lowest BCUT2D eigenvalue weighted by molar-refractivity contribution is 0.718. The summed E-state index contributed by atoms with van der Waals surface area (Å²) in [6, 6.07) is 19.8. The van der Waals surface area contributed by atoms with Crippen LogP contribution in [0.4, 0.5) is 0 Å². The van der Waals surface area contributed by atoms with Gasteiger partial charge in [-0.25, -0.2) is 9.97 Å². The first-order chi connectivity index (χ1) is 12.8. The Hall–Kier alpha value is -3.25. The Balaban J connectivity index is 1.56. The van der Waals surface area contributed by atoms with Gasteiger partial charge >= 0.3 is 0 Å². The molecule has 2 aromatic carbocycles. The molecule has 3 heterocycles. The minimum absolute atomic E-state index is 0.0473. The van der Waals surface area contributed by atoms with E-state index in [4.69, 9.17) is 0 Å². The molecule has 5 aromatic rings. The van der Waals surface area contributed by atoms with Crippen molar-refractivity contribution in [3.05, 3.63) is 83.2 Å². The van der Waals surface area contributed by atoms with E-state index in [1.165, 1.54) is 11.3 Å². The summed E-state index contributed by atoms with van der Waals surface area (Å²) in [6.07, 6.45) is 1.60. The molecule has 0 aliphatic heterocycles. The zero-order valence-electron chi connectivity index (χ0n) is 13.7. The van der Waals surface area contributed by atoms with Gasteiger partial charge in [0.05, 0.1) is 29.3 Å². The van der Waals surface area contributed by atoms with Crippen molar-refractivity contribution in [1.82, 2.24) is 19.5 Å². The van der Waals surface area contributed by atoms with Gasteiger partial charge in [-0.05, 0) is 23.8 Å². The molecular weight excluding hydrogens is 344 g/mol. The molecule has 126 valence electrons. The highest BCUT2D eigenvalue weighted by Gasteiger charge is 2.11. The molecule has 5 rings (SSSR count). The second-order valence-corrected chi connectivity index (χ2v) is 7.10. The van der Waals surface area contributed by atoms with Crippen LogP contribution in [0.1, 0.15) is 5.82 Å². The van der Waals surface area contributed by atoms with E-state index in [9.17, 15) is 4.79 Å². The lowest BCUT2D eigenvalue weighted by atomic mass is 10.2. The molecule has 0 atom stereocenters. The van der Waals surface area contributed by atoms with Gasteiger partial charge in [0.15, 0.2) is 0 Å². The zero-order valence-corrected chi connectivity index (χ0v) is 14.5. The maximum Gasteiger partial charge on any atom is 0.262 e. The fourth-order valence-electron chi connectivity index (χ4n) is 3.06. The van der Waals surface area contributed by atoms with E-state index in [-0.39, 0.29) is 5.56 Å². The molecular formula is C20H14N4OS. The van der Waals surface area contributed by atoms with Crippen molar-refractivity contribution in [3.8, 4) is 10.4 Å². The van der Waals surface area contributed by atoms with Crippen molar-refractivity contribution in [3.63, 3.8) is 0 Å². The van der Waals surface area contributed by atoms with Crippen LogP contribution in [0.3, 0.4) is 0 Å². The Kier molecular flexibility index (Phi) is 3.43. The molecule has 0 spiro atoms. The second kappa shape index (κ2) is 5.93. The lowest BCUT2D eigenvalue weighted by Gasteiger charge is -2.01. The van der Waals surface area contributed by atoms with Crippen LogP contribution in [0.25, 0.3) is 31.7 Å². The minimum atomic E-state index is -0.0473. The third kappa shape index (κ3) is 2.51. The molecule has 0 aliphatic rings. The quantitative estimate of drug-likeness (QED) is 0.529. The Morgan fingerprint density at radius 2 is 1.85 bits per heavy atom. The molecule has 0 bridgehead atoms.